The number of halogens is 6. The van der Waals surface area contributed by atoms with Crippen LogP contribution in [0.1, 0.15) is 21.8 Å². The molecule has 0 spiro atoms. The molecule has 0 bridgehead atoms. The number of carbonyl (C=O) groups is 2. The second-order valence-electron chi connectivity index (χ2n) is 9.12. The normalized spacial score (nSPS) is 17.0. The van der Waals surface area contributed by atoms with E-state index in [0.29, 0.717) is 0 Å². The van der Waals surface area contributed by atoms with Crippen LogP contribution in [0.15, 0.2) is 53.5 Å². The Hall–Kier alpha value is -4.53. The highest BCUT2D eigenvalue weighted by atomic mass is 19.4. The minimum absolute atomic E-state index is 0.0348. The van der Waals surface area contributed by atoms with Crippen LogP contribution < -0.4 is 25.2 Å². The first-order chi connectivity index (χ1) is 19.8. The minimum Gasteiger partial charge on any atom is -0.497 e. The highest BCUT2D eigenvalue weighted by molar-refractivity contribution is 6.05. The van der Waals surface area contributed by atoms with E-state index in [4.69, 9.17) is 9.47 Å². The van der Waals surface area contributed by atoms with Gasteiger partial charge in [-0.25, -0.2) is 13.2 Å². The van der Waals surface area contributed by atoms with Crippen LogP contribution in [-0.4, -0.2) is 56.2 Å². The Balaban J connectivity index is 1.73. The number of methoxy groups -OCH3 is 2. The quantitative estimate of drug-likeness (QED) is 0.377. The number of pyridine rings is 1. The van der Waals surface area contributed by atoms with E-state index in [-0.39, 0.29) is 24.5 Å². The average Bonchev–Trinajstić information content (AvgIpc) is 3.22. The zero-order valence-electron chi connectivity index (χ0n) is 22.0. The molecule has 4 rings (SSSR count). The smallest absolute Gasteiger partial charge is 0.497 e. The molecule has 2 aromatic carbocycles. The van der Waals surface area contributed by atoms with E-state index in [9.17, 15) is 31.9 Å². The monoisotopic (exact) mass is 599 g/mol. The maximum atomic E-state index is 15.2. The van der Waals surface area contributed by atoms with Gasteiger partial charge in [0.05, 0.1) is 13.7 Å². The largest absolute Gasteiger partial charge is 0.573 e. The average molecular weight is 599 g/mol. The summed E-state index contributed by atoms with van der Waals surface area (Å²) in [5.41, 5.74) is -2.07. The van der Waals surface area contributed by atoms with Crippen molar-refractivity contribution in [1.29, 1.82) is 0 Å². The van der Waals surface area contributed by atoms with Crippen LogP contribution in [0.4, 0.5) is 32.0 Å². The molecule has 9 nitrogen and oxygen atoms in total. The summed E-state index contributed by atoms with van der Waals surface area (Å²) in [7, 11) is 2.54. The topological polar surface area (TPSA) is 99.1 Å². The summed E-state index contributed by atoms with van der Waals surface area (Å²) in [5.74, 6) is -7.28. The van der Waals surface area contributed by atoms with Gasteiger partial charge in [0, 0.05) is 61.6 Å². The fraction of sp³-hybridized carbons (Fsp3) is 0.296. The number of rotatable bonds is 9. The van der Waals surface area contributed by atoms with Crippen LogP contribution in [0.2, 0.25) is 0 Å². The number of hydrogen-bond donors (Lipinski definition) is 1. The highest BCUT2D eigenvalue weighted by Gasteiger charge is 2.46. The Kier molecular flexibility index (Phi) is 8.80. The standard InChI is InChI=1S/C27H23F6N3O6/c1-40-8-7-35-12-15(28)9-21(25(35)38)36-13-18(22-19(29)10-17(41-2)11-20(22)30)23(26(36)39)34-24(37)14-3-5-16(6-4-14)42-27(31,32)33/h3-6,9-12,18,23H,7-8,13H2,1-2H3,(H,34,37)/t18-,23-/m0/s1. The molecule has 3 aromatic rings. The van der Waals surface area contributed by atoms with Gasteiger partial charge in [0.1, 0.15) is 40.7 Å². The van der Waals surface area contributed by atoms with E-state index in [0.717, 1.165) is 58.1 Å². The molecule has 1 aromatic heterocycles. The second kappa shape index (κ2) is 12.1. The van der Waals surface area contributed by atoms with Crippen LogP contribution >= 0.6 is 0 Å². The highest BCUT2D eigenvalue weighted by Crippen LogP contribution is 2.36. The molecule has 1 saturated heterocycles. The van der Waals surface area contributed by atoms with Crippen LogP contribution in [-0.2, 0) is 16.1 Å². The summed E-state index contributed by atoms with van der Waals surface area (Å²) < 4.78 is 96.8. The number of nitrogens with one attached hydrogen (secondary N) is 1. The first kappa shape index (κ1) is 30.4. The van der Waals surface area contributed by atoms with Crippen molar-refractivity contribution < 1.29 is 50.1 Å². The van der Waals surface area contributed by atoms with Gasteiger partial charge in [-0.3, -0.25) is 14.4 Å². The number of hydrogen-bond acceptors (Lipinski definition) is 6. The number of amides is 2. The van der Waals surface area contributed by atoms with Gasteiger partial charge in [-0.1, -0.05) is 0 Å². The Bertz CT molecular complexity index is 1520. The number of carbonyl (C=O) groups excluding carboxylic acids is 2. The zero-order valence-corrected chi connectivity index (χ0v) is 22.0. The van der Waals surface area contributed by atoms with Crippen molar-refractivity contribution in [3.8, 4) is 11.5 Å². The number of nitrogens with zero attached hydrogens (tertiary/aromatic N) is 2. The lowest BCUT2D eigenvalue weighted by atomic mass is 9.92. The third kappa shape index (κ3) is 6.51. The SMILES string of the molecule is COCCn1cc(F)cc(N2C[C@@H](c3c(F)cc(OC)cc3F)[C@H](NC(=O)c3ccc(OC(F)(F)F)cc3)C2=O)c1=O. The fourth-order valence-electron chi connectivity index (χ4n) is 4.57. The second-order valence-corrected chi connectivity index (χ2v) is 9.12. The van der Waals surface area contributed by atoms with E-state index >= 15 is 8.78 Å². The molecule has 1 aliphatic heterocycles. The first-order valence-electron chi connectivity index (χ1n) is 12.2. The molecule has 1 aliphatic rings. The van der Waals surface area contributed by atoms with Gasteiger partial charge < -0.3 is 29.0 Å². The van der Waals surface area contributed by atoms with E-state index in [1.165, 1.54) is 14.2 Å². The number of aromatic nitrogens is 1. The van der Waals surface area contributed by atoms with Gasteiger partial charge in [0.15, 0.2) is 0 Å². The maximum absolute atomic E-state index is 15.2. The Morgan fingerprint density at radius 3 is 2.21 bits per heavy atom. The minimum atomic E-state index is -4.97. The predicted molar refractivity (Wildman–Crippen MR) is 135 cm³/mol. The molecule has 224 valence electrons. The molecular formula is C27H23F6N3O6. The van der Waals surface area contributed by atoms with Crippen molar-refractivity contribution >= 4 is 17.5 Å². The molecule has 1 fully saturated rings. The first-order valence-corrected chi connectivity index (χ1v) is 12.2. The van der Waals surface area contributed by atoms with Gasteiger partial charge in [-0.2, -0.15) is 0 Å². The van der Waals surface area contributed by atoms with Crippen LogP contribution in [0.3, 0.4) is 0 Å². The summed E-state index contributed by atoms with van der Waals surface area (Å²) in [6.07, 6.45) is -4.07. The van der Waals surface area contributed by atoms with Gasteiger partial charge in [0.2, 0.25) is 5.91 Å². The van der Waals surface area contributed by atoms with Crippen LogP contribution in [0.5, 0.6) is 11.5 Å². The Labute approximate surface area is 234 Å². The molecular weight excluding hydrogens is 576 g/mol. The molecule has 2 amide bonds. The third-order valence-electron chi connectivity index (χ3n) is 6.47. The molecule has 0 aliphatic carbocycles. The molecule has 15 heteroatoms. The zero-order chi connectivity index (χ0) is 30.8. The van der Waals surface area contributed by atoms with Crippen molar-refractivity contribution in [1.82, 2.24) is 9.88 Å². The van der Waals surface area contributed by atoms with E-state index in [1.807, 2.05) is 0 Å². The lowest BCUT2D eigenvalue weighted by Crippen LogP contribution is -2.44. The van der Waals surface area contributed by atoms with Crippen molar-refractivity contribution in [2.45, 2.75) is 24.9 Å². The van der Waals surface area contributed by atoms with Crippen molar-refractivity contribution in [3.63, 3.8) is 0 Å². The van der Waals surface area contributed by atoms with Gasteiger partial charge in [0.25, 0.3) is 11.5 Å². The maximum Gasteiger partial charge on any atom is 0.573 e. The Morgan fingerprint density at radius 2 is 1.64 bits per heavy atom. The van der Waals surface area contributed by atoms with Crippen molar-refractivity contribution in [2.75, 3.05) is 32.3 Å². The summed E-state index contributed by atoms with van der Waals surface area (Å²) in [6, 6.07) is 4.53. The molecule has 1 N–H and O–H groups in total. The molecule has 0 saturated carbocycles. The van der Waals surface area contributed by atoms with Gasteiger partial charge in [-0.05, 0) is 24.3 Å². The summed E-state index contributed by atoms with van der Waals surface area (Å²) >= 11 is 0. The van der Waals surface area contributed by atoms with Crippen molar-refractivity contribution in [2.24, 2.45) is 0 Å². The number of anilines is 1. The third-order valence-corrected chi connectivity index (χ3v) is 6.47. The molecule has 2 heterocycles. The molecule has 42 heavy (non-hydrogen) atoms. The van der Waals surface area contributed by atoms with E-state index < -0.39 is 76.7 Å². The Morgan fingerprint density at radius 1 is 1.00 bits per heavy atom. The van der Waals surface area contributed by atoms with Crippen LogP contribution in [0, 0.1) is 17.5 Å². The summed E-state index contributed by atoms with van der Waals surface area (Å²) in [4.78, 5) is 40.6. The number of ether oxygens (including phenoxy) is 3. The predicted octanol–water partition coefficient (Wildman–Crippen LogP) is 3.75. The number of alkyl halides is 3. The van der Waals surface area contributed by atoms with Crippen molar-refractivity contribution in [3.05, 3.63) is 87.6 Å². The fourth-order valence-corrected chi connectivity index (χ4v) is 4.57. The summed E-state index contributed by atoms with van der Waals surface area (Å²) in [5, 5.41) is 2.35. The lowest BCUT2D eigenvalue weighted by molar-refractivity contribution is -0.274. The van der Waals surface area contributed by atoms with Gasteiger partial charge in [-0.15, -0.1) is 13.2 Å². The summed E-state index contributed by atoms with van der Waals surface area (Å²) in [6.45, 7) is -0.570. The number of benzene rings is 2. The molecule has 2 atom stereocenters. The van der Waals surface area contributed by atoms with E-state index in [2.05, 4.69) is 10.1 Å². The van der Waals surface area contributed by atoms with Crippen LogP contribution in [0.25, 0.3) is 0 Å². The van der Waals surface area contributed by atoms with Gasteiger partial charge >= 0.3 is 6.36 Å². The van der Waals surface area contributed by atoms with E-state index in [1.54, 1.807) is 0 Å². The molecule has 0 unspecified atom stereocenters. The lowest BCUT2D eigenvalue weighted by Gasteiger charge is -2.20. The molecule has 0 radical (unpaired) electrons.